The van der Waals surface area contributed by atoms with Gasteiger partial charge in [0.15, 0.2) is 5.65 Å². The fourth-order valence-corrected chi connectivity index (χ4v) is 3.33. The second-order valence-electron chi connectivity index (χ2n) is 7.07. The lowest BCUT2D eigenvalue weighted by molar-refractivity contribution is 0.122. The second-order valence-corrected chi connectivity index (χ2v) is 7.07. The van der Waals surface area contributed by atoms with Crippen LogP contribution < -0.4 is 10.1 Å². The molecular formula is C21H20F4N6O. The smallest absolute Gasteiger partial charge is 0.257 e. The number of fused-ring (bicyclic) bond motifs is 1. The van der Waals surface area contributed by atoms with Gasteiger partial charge in [-0.05, 0) is 31.2 Å². The molecule has 0 saturated heterocycles. The minimum atomic E-state index is -2.51. The van der Waals surface area contributed by atoms with Crippen LogP contribution in [0, 0.1) is 5.82 Å². The molecule has 0 bridgehead atoms. The van der Waals surface area contributed by atoms with Crippen LogP contribution in [0.5, 0.6) is 5.75 Å². The number of anilines is 1. The van der Waals surface area contributed by atoms with Gasteiger partial charge in [0.2, 0.25) is 0 Å². The van der Waals surface area contributed by atoms with E-state index < -0.39 is 31.5 Å². The molecule has 1 aromatic carbocycles. The van der Waals surface area contributed by atoms with Crippen LogP contribution >= 0.6 is 0 Å². The molecule has 0 saturated carbocycles. The van der Waals surface area contributed by atoms with E-state index in [9.17, 15) is 17.6 Å². The van der Waals surface area contributed by atoms with Gasteiger partial charge in [0.25, 0.3) is 6.43 Å². The Kier molecular flexibility index (Phi) is 6.24. The summed E-state index contributed by atoms with van der Waals surface area (Å²) in [5, 5.41) is 11.4. The Bertz CT molecular complexity index is 1210. The van der Waals surface area contributed by atoms with Crippen LogP contribution in [0.25, 0.3) is 16.8 Å². The molecule has 32 heavy (non-hydrogen) atoms. The van der Waals surface area contributed by atoms with Gasteiger partial charge in [-0.25, -0.2) is 27.1 Å². The van der Waals surface area contributed by atoms with Gasteiger partial charge in [0.05, 0.1) is 18.4 Å². The van der Waals surface area contributed by atoms with Crippen LogP contribution in [0.4, 0.5) is 23.4 Å². The number of hydrogen-bond donors (Lipinski definition) is 1. The van der Waals surface area contributed by atoms with Gasteiger partial charge in [0.1, 0.15) is 37.2 Å². The minimum absolute atomic E-state index is 0.131. The van der Waals surface area contributed by atoms with E-state index in [1.807, 2.05) is 0 Å². The van der Waals surface area contributed by atoms with Gasteiger partial charge in [0, 0.05) is 29.1 Å². The van der Waals surface area contributed by atoms with Gasteiger partial charge in [-0.15, -0.1) is 0 Å². The second kappa shape index (κ2) is 9.25. The lowest BCUT2D eigenvalue weighted by atomic mass is 10.1. The van der Waals surface area contributed by atoms with Crippen molar-refractivity contribution in [2.75, 3.05) is 18.6 Å². The number of benzene rings is 1. The first-order chi connectivity index (χ1) is 15.4. The molecule has 1 unspecified atom stereocenters. The highest BCUT2D eigenvalue weighted by atomic mass is 19.3. The highest BCUT2D eigenvalue weighted by Crippen LogP contribution is 2.29. The molecule has 1 N–H and O–H groups in total. The number of aromatic nitrogens is 5. The van der Waals surface area contributed by atoms with Crippen molar-refractivity contribution in [1.29, 1.82) is 0 Å². The van der Waals surface area contributed by atoms with E-state index in [2.05, 4.69) is 20.5 Å². The summed E-state index contributed by atoms with van der Waals surface area (Å²) >= 11 is 0. The Morgan fingerprint density at radius 1 is 1.16 bits per heavy atom. The predicted octanol–water partition coefficient (Wildman–Crippen LogP) is 4.52. The lowest BCUT2D eigenvalue weighted by Crippen LogP contribution is -2.11. The molecule has 7 nitrogen and oxygen atoms in total. The van der Waals surface area contributed by atoms with E-state index in [0.29, 0.717) is 33.9 Å². The standard InChI is InChI=1S/C21H20F4N6O/c1-13(16-8-15(23)2-3-18(16)32-7-5-22)28-20-4-6-31-21(29-20)17(10-27-31)14-9-26-30(11-14)12-19(24)25/h2-4,6,8-11,13,19H,5,7,12H2,1H3,(H,28,29). The van der Waals surface area contributed by atoms with Gasteiger partial charge >= 0.3 is 0 Å². The van der Waals surface area contributed by atoms with Crippen molar-refractivity contribution in [3.8, 4) is 16.9 Å². The minimum Gasteiger partial charge on any atom is -0.490 e. The van der Waals surface area contributed by atoms with Gasteiger partial charge in [-0.1, -0.05) is 0 Å². The van der Waals surface area contributed by atoms with Crippen LogP contribution in [-0.2, 0) is 6.54 Å². The third kappa shape index (κ3) is 4.66. The Balaban J connectivity index is 1.60. The molecule has 0 aliphatic rings. The van der Waals surface area contributed by atoms with Crippen molar-refractivity contribution >= 4 is 11.5 Å². The summed E-state index contributed by atoms with van der Waals surface area (Å²) in [6.45, 7) is 0.509. The van der Waals surface area contributed by atoms with E-state index in [-0.39, 0.29) is 6.61 Å². The average molecular weight is 448 g/mol. The molecule has 0 radical (unpaired) electrons. The van der Waals surface area contributed by atoms with Crippen LogP contribution in [0.2, 0.25) is 0 Å². The van der Waals surface area contributed by atoms with E-state index in [0.717, 1.165) is 4.68 Å². The van der Waals surface area contributed by atoms with Crippen molar-refractivity contribution < 1.29 is 22.3 Å². The van der Waals surface area contributed by atoms with Crippen molar-refractivity contribution in [2.24, 2.45) is 0 Å². The third-order valence-corrected chi connectivity index (χ3v) is 4.78. The Morgan fingerprint density at radius 3 is 2.78 bits per heavy atom. The van der Waals surface area contributed by atoms with Crippen molar-refractivity contribution in [2.45, 2.75) is 25.9 Å². The molecule has 3 heterocycles. The number of alkyl halides is 3. The maximum absolute atomic E-state index is 13.8. The summed E-state index contributed by atoms with van der Waals surface area (Å²) in [6.07, 6.45) is 3.74. The lowest BCUT2D eigenvalue weighted by Gasteiger charge is -2.19. The van der Waals surface area contributed by atoms with Gasteiger partial charge in [-0.3, -0.25) is 4.68 Å². The quantitative estimate of drug-likeness (QED) is 0.382. The van der Waals surface area contributed by atoms with Crippen molar-refractivity contribution in [3.05, 3.63) is 60.4 Å². The summed E-state index contributed by atoms with van der Waals surface area (Å²) in [7, 11) is 0. The summed E-state index contributed by atoms with van der Waals surface area (Å²) in [6, 6.07) is 5.32. The molecule has 0 aliphatic heterocycles. The van der Waals surface area contributed by atoms with Gasteiger partial charge < -0.3 is 10.1 Å². The molecule has 0 spiro atoms. The summed E-state index contributed by atoms with van der Waals surface area (Å²) in [5.41, 5.74) is 2.24. The van der Waals surface area contributed by atoms with Gasteiger partial charge in [-0.2, -0.15) is 10.2 Å². The summed E-state index contributed by atoms with van der Waals surface area (Å²) in [4.78, 5) is 4.57. The highest BCUT2D eigenvalue weighted by Gasteiger charge is 2.16. The first kappa shape index (κ1) is 21.6. The summed E-state index contributed by atoms with van der Waals surface area (Å²) in [5.74, 6) is 0.414. The monoisotopic (exact) mass is 448 g/mol. The maximum Gasteiger partial charge on any atom is 0.257 e. The molecule has 0 aliphatic carbocycles. The zero-order valence-corrected chi connectivity index (χ0v) is 17.1. The zero-order chi connectivity index (χ0) is 22.7. The molecule has 0 fully saturated rings. The maximum atomic E-state index is 13.8. The first-order valence-corrected chi connectivity index (χ1v) is 9.84. The number of nitrogens with zero attached hydrogens (tertiary/aromatic N) is 5. The fraction of sp³-hybridized carbons (Fsp3) is 0.286. The Hall–Kier alpha value is -3.63. The van der Waals surface area contributed by atoms with E-state index in [1.54, 1.807) is 29.9 Å². The largest absolute Gasteiger partial charge is 0.490 e. The number of rotatable bonds is 9. The Morgan fingerprint density at radius 2 is 2.00 bits per heavy atom. The molecule has 168 valence electrons. The zero-order valence-electron chi connectivity index (χ0n) is 17.1. The van der Waals surface area contributed by atoms with E-state index >= 15 is 0 Å². The number of hydrogen-bond acceptors (Lipinski definition) is 5. The molecular weight excluding hydrogens is 428 g/mol. The number of nitrogens with one attached hydrogen (secondary N) is 1. The first-order valence-electron chi connectivity index (χ1n) is 9.84. The number of ether oxygens (including phenoxy) is 1. The fourth-order valence-electron chi connectivity index (χ4n) is 3.33. The van der Waals surface area contributed by atoms with E-state index in [1.165, 1.54) is 30.6 Å². The van der Waals surface area contributed by atoms with Crippen molar-refractivity contribution in [3.63, 3.8) is 0 Å². The molecule has 1 atom stereocenters. The third-order valence-electron chi connectivity index (χ3n) is 4.78. The van der Waals surface area contributed by atoms with Crippen LogP contribution in [0.15, 0.2) is 49.1 Å². The molecule has 3 aromatic heterocycles. The molecule has 0 amide bonds. The van der Waals surface area contributed by atoms with Crippen LogP contribution in [0.3, 0.4) is 0 Å². The highest BCUT2D eigenvalue weighted by molar-refractivity contribution is 5.76. The average Bonchev–Trinajstić information content (AvgIpc) is 3.38. The summed E-state index contributed by atoms with van der Waals surface area (Å²) < 4.78 is 59.7. The van der Waals surface area contributed by atoms with Crippen molar-refractivity contribution in [1.82, 2.24) is 24.4 Å². The van der Waals surface area contributed by atoms with Crippen LogP contribution in [-0.4, -0.2) is 44.1 Å². The SMILES string of the molecule is CC(Nc1ccn2ncc(-c3cnn(CC(F)F)c3)c2n1)c1cc(F)ccc1OCCF. The number of halogens is 4. The van der Waals surface area contributed by atoms with E-state index in [4.69, 9.17) is 4.74 Å². The topological polar surface area (TPSA) is 69.3 Å². The Labute approximate surface area is 180 Å². The molecule has 11 heteroatoms. The van der Waals surface area contributed by atoms with Crippen LogP contribution in [0.1, 0.15) is 18.5 Å². The molecule has 4 rings (SSSR count). The predicted molar refractivity (Wildman–Crippen MR) is 110 cm³/mol. The normalized spacial score (nSPS) is 12.4. The molecule has 4 aromatic rings.